The highest BCUT2D eigenvalue weighted by molar-refractivity contribution is 5.95. The van der Waals surface area contributed by atoms with E-state index in [1.165, 1.54) is 0 Å². The number of aldehydes is 1. The van der Waals surface area contributed by atoms with Crippen LogP contribution in [0.5, 0.6) is 5.75 Å². The lowest BCUT2D eigenvalue weighted by Gasteiger charge is -2.04. The summed E-state index contributed by atoms with van der Waals surface area (Å²) in [5.41, 5.74) is 0.743. The van der Waals surface area contributed by atoms with Crippen LogP contribution < -0.4 is 4.74 Å². The summed E-state index contributed by atoms with van der Waals surface area (Å²) in [7, 11) is 0. The predicted molar refractivity (Wildman–Crippen MR) is 56.2 cm³/mol. The van der Waals surface area contributed by atoms with E-state index >= 15 is 0 Å². The number of carbonyl (C=O) groups excluding carboxylic acids is 1. The van der Waals surface area contributed by atoms with Crippen LogP contribution in [0.3, 0.4) is 0 Å². The van der Waals surface area contributed by atoms with E-state index in [0.29, 0.717) is 18.8 Å². The molecule has 1 unspecified atom stereocenters. The van der Waals surface area contributed by atoms with Crippen LogP contribution in [0.4, 0.5) is 0 Å². The minimum atomic E-state index is -0.929. The molecule has 0 aliphatic carbocycles. The zero-order valence-corrected chi connectivity index (χ0v) is 8.75. The van der Waals surface area contributed by atoms with Crippen LogP contribution in [-0.4, -0.2) is 25.1 Å². The lowest BCUT2D eigenvalue weighted by Crippen LogP contribution is -2.13. The fourth-order valence-electron chi connectivity index (χ4n) is 1.29. The second-order valence-corrected chi connectivity index (χ2v) is 3.08. The summed E-state index contributed by atoms with van der Waals surface area (Å²) in [6.45, 7) is 2.54. The van der Waals surface area contributed by atoms with Crippen molar-refractivity contribution in [1.82, 2.24) is 0 Å². The van der Waals surface area contributed by atoms with Gasteiger partial charge in [-0.05, 0) is 36.3 Å². The lowest BCUT2D eigenvalue weighted by molar-refractivity contribution is -0.131. The van der Waals surface area contributed by atoms with Crippen LogP contribution in [0.15, 0.2) is 29.4 Å². The number of hydrogen-bond donors (Lipinski definition) is 0. The van der Waals surface area contributed by atoms with E-state index in [1.54, 1.807) is 24.3 Å². The third-order valence-corrected chi connectivity index (χ3v) is 1.99. The van der Waals surface area contributed by atoms with Gasteiger partial charge in [-0.15, -0.1) is 0 Å². The fourth-order valence-corrected chi connectivity index (χ4v) is 1.29. The standard InChI is InChI=1S/C11H11NO4/c1-2-14-9-5-3-8(4-6-9)11-12-16-10(7-13)15-11/h3-7,10H,2H2,1H3. The van der Waals surface area contributed by atoms with Crippen molar-refractivity contribution in [1.29, 1.82) is 0 Å². The number of benzene rings is 1. The molecule has 5 heteroatoms. The van der Waals surface area contributed by atoms with Gasteiger partial charge in [-0.25, -0.2) is 0 Å². The largest absolute Gasteiger partial charge is 0.494 e. The van der Waals surface area contributed by atoms with Gasteiger partial charge >= 0.3 is 6.29 Å². The van der Waals surface area contributed by atoms with Gasteiger partial charge in [0, 0.05) is 5.56 Å². The lowest BCUT2D eigenvalue weighted by atomic mass is 10.2. The van der Waals surface area contributed by atoms with Gasteiger partial charge < -0.3 is 14.3 Å². The minimum absolute atomic E-state index is 0.306. The Balaban J connectivity index is 2.08. The van der Waals surface area contributed by atoms with E-state index in [1.807, 2.05) is 6.92 Å². The number of nitrogens with zero attached hydrogens (tertiary/aromatic N) is 1. The third kappa shape index (κ3) is 2.13. The van der Waals surface area contributed by atoms with Crippen molar-refractivity contribution in [2.24, 2.45) is 5.16 Å². The average Bonchev–Trinajstić information content (AvgIpc) is 2.79. The Hall–Kier alpha value is -2.04. The molecule has 0 saturated heterocycles. The van der Waals surface area contributed by atoms with Crippen LogP contribution >= 0.6 is 0 Å². The predicted octanol–water partition coefficient (Wildman–Crippen LogP) is 1.32. The van der Waals surface area contributed by atoms with Crippen molar-refractivity contribution in [2.75, 3.05) is 6.61 Å². The molecule has 0 N–H and O–H groups in total. The van der Waals surface area contributed by atoms with E-state index in [9.17, 15) is 4.79 Å². The SMILES string of the molecule is CCOc1ccc(C2=NOC(C=O)O2)cc1. The molecule has 2 rings (SSSR count). The minimum Gasteiger partial charge on any atom is -0.494 e. The molecule has 1 aliphatic rings. The molecule has 1 aromatic carbocycles. The Morgan fingerprint density at radius 1 is 1.44 bits per heavy atom. The molecule has 84 valence electrons. The summed E-state index contributed by atoms with van der Waals surface area (Å²) in [4.78, 5) is 15.1. The van der Waals surface area contributed by atoms with Crippen molar-refractivity contribution in [3.05, 3.63) is 29.8 Å². The maximum Gasteiger partial charge on any atom is 0.323 e. The summed E-state index contributed by atoms with van der Waals surface area (Å²) >= 11 is 0. The van der Waals surface area contributed by atoms with Gasteiger partial charge in [0.15, 0.2) is 0 Å². The van der Waals surface area contributed by atoms with Crippen molar-refractivity contribution < 1.29 is 19.1 Å². The number of rotatable bonds is 4. The average molecular weight is 221 g/mol. The van der Waals surface area contributed by atoms with Crippen molar-refractivity contribution in [3.8, 4) is 5.75 Å². The van der Waals surface area contributed by atoms with Gasteiger partial charge in [-0.1, -0.05) is 0 Å². The molecule has 16 heavy (non-hydrogen) atoms. The second kappa shape index (κ2) is 4.65. The van der Waals surface area contributed by atoms with Gasteiger partial charge in [0.2, 0.25) is 6.29 Å². The quantitative estimate of drug-likeness (QED) is 0.719. The summed E-state index contributed by atoms with van der Waals surface area (Å²) in [6, 6.07) is 7.19. The fraction of sp³-hybridized carbons (Fsp3) is 0.273. The van der Waals surface area contributed by atoms with Crippen molar-refractivity contribution in [3.63, 3.8) is 0 Å². The molecular formula is C11H11NO4. The highest BCUT2D eigenvalue weighted by atomic mass is 16.8. The van der Waals surface area contributed by atoms with E-state index < -0.39 is 6.29 Å². The number of oxime groups is 1. The van der Waals surface area contributed by atoms with Crippen LogP contribution in [-0.2, 0) is 14.4 Å². The Labute approximate surface area is 92.6 Å². The van der Waals surface area contributed by atoms with Crippen LogP contribution in [0.25, 0.3) is 0 Å². The number of hydrogen-bond acceptors (Lipinski definition) is 5. The summed E-state index contributed by atoms with van der Waals surface area (Å²) in [5.74, 6) is 1.08. The normalized spacial score (nSPS) is 18.3. The molecule has 0 spiro atoms. The zero-order chi connectivity index (χ0) is 11.4. The van der Waals surface area contributed by atoms with Crippen LogP contribution in [0, 0.1) is 0 Å². The molecular weight excluding hydrogens is 210 g/mol. The van der Waals surface area contributed by atoms with Crippen molar-refractivity contribution in [2.45, 2.75) is 13.2 Å². The molecule has 0 bridgehead atoms. The Morgan fingerprint density at radius 3 is 2.75 bits per heavy atom. The first-order valence-electron chi connectivity index (χ1n) is 4.92. The van der Waals surface area contributed by atoms with Crippen molar-refractivity contribution >= 4 is 12.2 Å². The van der Waals surface area contributed by atoms with E-state index in [-0.39, 0.29) is 0 Å². The number of carbonyl (C=O) groups is 1. The summed E-state index contributed by atoms with van der Waals surface area (Å²) in [6.07, 6.45) is -0.382. The Bertz CT molecular complexity index is 399. The van der Waals surface area contributed by atoms with Gasteiger partial charge in [0.05, 0.1) is 6.61 Å². The Morgan fingerprint density at radius 2 is 2.19 bits per heavy atom. The maximum absolute atomic E-state index is 10.4. The molecule has 0 saturated carbocycles. The molecule has 0 amide bonds. The molecule has 5 nitrogen and oxygen atoms in total. The summed E-state index contributed by atoms with van der Waals surface area (Å²) < 4.78 is 10.4. The second-order valence-electron chi connectivity index (χ2n) is 3.08. The van der Waals surface area contributed by atoms with Gasteiger partial charge in [0.1, 0.15) is 5.75 Å². The van der Waals surface area contributed by atoms with E-state index in [0.717, 1.165) is 11.3 Å². The number of ether oxygens (including phenoxy) is 2. The zero-order valence-electron chi connectivity index (χ0n) is 8.75. The van der Waals surface area contributed by atoms with Crippen LogP contribution in [0.2, 0.25) is 0 Å². The topological polar surface area (TPSA) is 57.1 Å². The van der Waals surface area contributed by atoms with Gasteiger partial charge in [-0.3, -0.25) is 4.79 Å². The van der Waals surface area contributed by atoms with Crippen LogP contribution in [0.1, 0.15) is 12.5 Å². The maximum atomic E-state index is 10.4. The third-order valence-electron chi connectivity index (χ3n) is 1.99. The molecule has 1 atom stereocenters. The monoisotopic (exact) mass is 221 g/mol. The molecule has 1 aliphatic heterocycles. The van der Waals surface area contributed by atoms with E-state index in [2.05, 4.69) is 5.16 Å². The highest BCUT2D eigenvalue weighted by Crippen LogP contribution is 2.16. The van der Waals surface area contributed by atoms with Gasteiger partial charge in [0.25, 0.3) is 5.90 Å². The van der Waals surface area contributed by atoms with Gasteiger partial charge in [-0.2, -0.15) is 0 Å². The summed E-state index contributed by atoms with van der Waals surface area (Å²) in [5, 5.41) is 3.66. The first-order valence-corrected chi connectivity index (χ1v) is 4.92. The molecule has 1 heterocycles. The first kappa shape index (κ1) is 10.5. The highest BCUT2D eigenvalue weighted by Gasteiger charge is 2.21. The molecule has 1 aromatic rings. The molecule has 0 radical (unpaired) electrons. The molecule has 0 aromatic heterocycles. The van der Waals surface area contributed by atoms with E-state index in [4.69, 9.17) is 14.3 Å². The Kier molecular flexibility index (Phi) is 3.05. The first-order chi connectivity index (χ1) is 7.83. The smallest absolute Gasteiger partial charge is 0.323 e. The molecule has 0 fully saturated rings.